The molecule has 128 valence electrons. The topological polar surface area (TPSA) is 82.0 Å². The first kappa shape index (κ1) is 16.3. The van der Waals surface area contributed by atoms with Gasteiger partial charge < -0.3 is 11.5 Å². The summed E-state index contributed by atoms with van der Waals surface area (Å²) in [6.07, 6.45) is 1.76. The van der Waals surface area contributed by atoms with Crippen LogP contribution in [-0.2, 0) is 0 Å². The number of nitrogens with zero attached hydrogens (tertiary/aromatic N) is 1. The third kappa shape index (κ3) is 2.72. The van der Waals surface area contributed by atoms with Gasteiger partial charge in [-0.1, -0.05) is 42.5 Å². The van der Waals surface area contributed by atoms with Crippen LogP contribution in [0, 0.1) is 6.92 Å². The number of benzene rings is 2. The molecular formula is C21H17N3OS. The zero-order valence-corrected chi connectivity index (χ0v) is 15.0. The van der Waals surface area contributed by atoms with Gasteiger partial charge in [-0.2, -0.15) is 0 Å². The van der Waals surface area contributed by atoms with Crippen LogP contribution in [0.4, 0.5) is 5.82 Å². The van der Waals surface area contributed by atoms with Gasteiger partial charge >= 0.3 is 0 Å². The van der Waals surface area contributed by atoms with Crippen LogP contribution in [0.15, 0.2) is 60.8 Å². The van der Waals surface area contributed by atoms with E-state index in [1.165, 1.54) is 22.5 Å². The number of rotatable bonds is 3. The fourth-order valence-electron chi connectivity index (χ4n) is 3.15. The van der Waals surface area contributed by atoms with E-state index in [4.69, 9.17) is 11.5 Å². The average molecular weight is 359 g/mol. The van der Waals surface area contributed by atoms with Crippen molar-refractivity contribution in [3.8, 4) is 22.3 Å². The van der Waals surface area contributed by atoms with E-state index < -0.39 is 5.91 Å². The summed E-state index contributed by atoms with van der Waals surface area (Å²) in [5.74, 6) is -0.0403. The summed E-state index contributed by atoms with van der Waals surface area (Å²) in [5, 5.41) is 0.901. The molecule has 0 aliphatic rings. The van der Waals surface area contributed by atoms with E-state index in [2.05, 4.69) is 36.2 Å². The van der Waals surface area contributed by atoms with E-state index in [1.54, 1.807) is 12.3 Å². The first-order valence-corrected chi connectivity index (χ1v) is 9.00. The van der Waals surface area contributed by atoms with Crippen molar-refractivity contribution in [3.63, 3.8) is 0 Å². The second kappa shape index (κ2) is 6.28. The molecular weight excluding hydrogens is 342 g/mol. The molecule has 0 bridgehead atoms. The summed E-state index contributed by atoms with van der Waals surface area (Å²) in [7, 11) is 0. The van der Waals surface area contributed by atoms with E-state index in [0.29, 0.717) is 10.7 Å². The van der Waals surface area contributed by atoms with Crippen molar-refractivity contribution >= 4 is 33.1 Å². The smallest absolute Gasteiger partial charge is 0.258 e. The molecule has 0 radical (unpaired) electrons. The number of aryl methyl sites for hydroxylation is 1. The lowest BCUT2D eigenvalue weighted by Crippen LogP contribution is -2.08. The molecule has 0 saturated heterocycles. The highest BCUT2D eigenvalue weighted by Crippen LogP contribution is 2.37. The number of amides is 1. The zero-order valence-electron chi connectivity index (χ0n) is 14.2. The van der Waals surface area contributed by atoms with Gasteiger partial charge in [0.15, 0.2) is 0 Å². The minimum absolute atomic E-state index is 0.413. The number of fused-ring (bicyclic) bond motifs is 1. The molecule has 0 saturated carbocycles. The number of thiophene rings is 1. The van der Waals surface area contributed by atoms with Gasteiger partial charge in [0, 0.05) is 17.1 Å². The standard InChI is InChI=1S/C21H17N3OS/c1-12-5-2-3-8-15(12)13-6-4-7-14(9-13)17-11-24-20(22)19-16(17)10-18(26-19)21(23)25/h2-11H,1H3,(H2,22,24)(H2,23,25). The number of hydrogen-bond acceptors (Lipinski definition) is 4. The molecule has 0 aliphatic carbocycles. The van der Waals surface area contributed by atoms with Crippen LogP contribution in [0.25, 0.3) is 32.3 Å². The molecule has 4 aromatic rings. The highest BCUT2D eigenvalue weighted by atomic mass is 32.1. The van der Waals surface area contributed by atoms with Crippen molar-refractivity contribution in [2.24, 2.45) is 5.73 Å². The summed E-state index contributed by atoms with van der Waals surface area (Å²) in [6, 6.07) is 18.4. The average Bonchev–Trinajstić information content (AvgIpc) is 3.09. The summed E-state index contributed by atoms with van der Waals surface area (Å²) in [4.78, 5) is 16.4. The Labute approximate surface area is 155 Å². The van der Waals surface area contributed by atoms with Gasteiger partial charge in [0.1, 0.15) is 5.82 Å². The Kier molecular flexibility index (Phi) is 3.93. The summed E-state index contributed by atoms with van der Waals surface area (Å²) in [6.45, 7) is 2.10. The SMILES string of the molecule is Cc1ccccc1-c1cccc(-c2cnc(N)c3sc(C(N)=O)cc23)c1. The number of nitrogens with two attached hydrogens (primary N) is 2. The van der Waals surface area contributed by atoms with Crippen molar-refractivity contribution in [1.29, 1.82) is 0 Å². The van der Waals surface area contributed by atoms with Gasteiger partial charge in [0.2, 0.25) is 0 Å². The molecule has 0 atom stereocenters. The van der Waals surface area contributed by atoms with Crippen LogP contribution < -0.4 is 11.5 Å². The van der Waals surface area contributed by atoms with Gasteiger partial charge in [0.25, 0.3) is 5.91 Å². The number of carbonyl (C=O) groups excluding carboxylic acids is 1. The minimum Gasteiger partial charge on any atom is -0.383 e. The third-order valence-corrected chi connectivity index (χ3v) is 5.63. The van der Waals surface area contributed by atoms with Crippen molar-refractivity contribution in [1.82, 2.24) is 4.98 Å². The Hall–Kier alpha value is -3.18. The summed E-state index contributed by atoms with van der Waals surface area (Å²) < 4.78 is 0.789. The molecule has 26 heavy (non-hydrogen) atoms. The first-order chi connectivity index (χ1) is 12.5. The van der Waals surface area contributed by atoms with Crippen LogP contribution in [0.5, 0.6) is 0 Å². The van der Waals surface area contributed by atoms with E-state index in [9.17, 15) is 4.79 Å². The fourth-order valence-corrected chi connectivity index (χ4v) is 4.08. The largest absolute Gasteiger partial charge is 0.383 e. The van der Waals surface area contributed by atoms with E-state index in [-0.39, 0.29) is 0 Å². The molecule has 0 fully saturated rings. The number of primary amides is 1. The van der Waals surface area contributed by atoms with Crippen LogP contribution in [-0.4, -0.2) is 10.9 Å². The van der Waals surface area contributed by atoms with E-state index in [1.807, 2.05) is 24.3 Å². The minimum atomic E-state index is -0.454. The molecule has 0 unspecified atom stereocenters. The Morgan fingerprint density at radius 3 is 2.46 bits per heavy atom. The lowest BCUT2D eigenvalue weighted by atomic mass is 9.96. The third-order valence-electron chi connectivity index (χ3n) is 4.46. The highest BCUT2D eigenvalue weighted by Gasteiger charge is 2.15. The van der Waals surface area contributed by atoms with Crippen molar-refractivity contribution in [2.75, 3.05) is 5.73 Å². The molecule has 1 amide bonds. The maximum Gasteiger partial charge on any atom is 0.258 e. The Morgan fingerprint density at radius 1 is 1.00 bits per heavy atom. The molecule has 4 N–H and O–H groups in total. The zero-order chi connectivity index (χ0) is 18.3. The number of aromatic nitrogens is 1. The normalized spacial score (nSPS) is 11.0. The van der Waals surface area contributed by atoms with Crippen LogP contribution in [0.3, 0.4) is 0 Å². The molecule has 5 heteroatoms. The first-order valence-electron chi connectivity index (χ1n) is 8.19. The molecule has 4 nitrogen and oxygen atoms in total. The Balaban J connectivity index is 1.91. The van der Waals surface area contributed by atoms with Gasteiger partial charge in [0.05, 0.1) is 9.58 Å². The maximum absolute atomic E-state index is 11.6. The second-order valence-corrected chi connectivity index (χ2v) is 7.22. The molecule has 0 aliphatic heterocycles. The maximum atomic E-state index is 11.6. The van der Waals surface area contributed by atoms with Crippen molar-refractivity contribution in [2.45, 2.75) is 6.92 Å². The van der Waals surface area contributed by atoms with Crippen LogP contribution >= 0.6 is 11.3 Å². The van der Waals surface area contributed by atoms with Crippen LogP contribution in [0.2, 0.25) is 0 Å². The monoisotopic (exact) mass is 359 g/mol. The number of carbonyl (C=O) groups is 1. The molecule has 2 aromatic carbocycles. The van der Waals surface area contributed by atoms with Crippen LogP contribution in [0.1, 0.15) is 15.2 Å². The van der Waals surface area contributed by atoms with E-state index in [0.717, 1.165) is 26.8 Å². The predicted molar refractivity (Wildman–Crippen MR) is 108 cm³/mol. The van der Waals surface area contributed by atoms with Gasteiger partial charge in [-0.3, -0.25) is 4.79 Å². The molecule has 4 rings (SSSR count). The number of nitrogen functional groups attached to an aromatic ring is 1. The number of hydrogen-bond donors (Lipinski definition) is 2. The van der Waals surface area contributed by atoms with Gasteiger partial charge in [-0.05, 0) is 41.3 Å². The summed E-state index contributed by atoms with van der Waals surface area (Å²) in [5.41, 5.74) is 17.0. The Morgan fingerprint density at radius 2 is 1.73 bits per heavy atom. The molecule has 2 heterocycles. The number of anilines is 1. The molecule has 0 spiro atoms. The highest BCUT2D eigenvalue weighted by molar-refractivity contribution is 7.21. The van der Waals surface area contributed by atoms with Crippen molar-refractivity contribution < 1.29 is 4.79 Å². The van der Waals surface area contributed by atoms with Crippen molar-refractivity contribution in [3.05, 3.63) is 71.2 Å². The van der Waals surface area contributed by atoms with Gasteiger partial charge in [-0.25, -0.2) is 4.98 Å². The Bertz CT molecular complexity index is 1150. The lowest BCUT2D eigenvalue weighted by Gasteiger charge is -2.09. The lowest BCUT2D eigenvalue weighted by molar-refractivity contribution is 0.100. The predicted octanol–water partition coefficient (Wildman–Crippen LogP) is 4.62. The fraction of sp³-hybridized carbons (Fsp3) is 0.0476. The summed E-state index contributed by atoms with van der Waals surface area (Å²) >= 11 is 1.28. The quantitative estimate of drug-likeness (QED) is 0.560. The molecule has 2 aromatic heterocycles. The van der Waals surface area contributed by atoms with Gasteiger partial charge in [-0.15, -0.1) is 11.3 Å². The second-order valence-electron chi connectivity index (χ2n) is 6.17. The number of pyridine rings is 1. The van der Waals surface area contributed by atoms with E-state index >= 15 is 0 Å².